The van der Waals surface area contributed by atoms with Gasteiger partial charge in [0.25, 0.3) is 0 Å². The summed E-state index contributed by atoms with van der Waals surface area (Å²) in [7, 11) is 0. The molecule has 0 saturated heterocycles. The van der Waals surface area contributed by atoms with Crippen LogP contribution in [-0.2, 0) is 0 Å². The van der Waals surface area contributed by atoms with Crippen LogP contribution in [0.15, 0.2) is 21.2 Å². The fraction of sp³-hybridized carbons (Fsp3) is 0.167. The highest BCUT2D eigenvalue weighted by molar-refractivity contribution is 9.11. The molecule has 0 unspecified atom stereocenters. The number of hydrogen-bond donors (Lipinski definition) is 0. The summed E-state index contributed by atoms with van der Waals surface area (Å²) < 4.78 is 28.5. The maximum absolute atomic E-state index is 11.7. The molecule has 1 aromatic heterocycles. The van der Waals surface area contributed by atoms with Gasteiger partial charge >= 0.3 is 6.61 Å². The van der Waals surface area contributed by atoms with Crippen molar-refractivity contribution in [2.75, 3.05) is 0 Å². The molecule has 0 aliphatic rings. The van der Waals surface area contributed by atoms with Crippen molar-refractivity contribution in [3.63, 3.8) is 0 Å². The van der Waals surface area contributed by atoms with E-state index in [2.05, 4.69) is 41.6 Å². The van der Waals surface area contributed by atoms with Gasteiger partial charge in [0.1, 0.15) is 4.60 Å². The van der Waals surface area contributed by atoms with Crippen LogP contribution in [0.1, 0.15) is 0 Å². The zero-order valence-corrected chi connectivity index (χ0v) is 8.77. The van der Waals surface area contributed by atoms with Crippen LogP contribution >= 0.6 is 31.9 Å². The number of halogens is 4. The molecule has 0 bridgehead atoms. The standard InChI is InChI=1S/C6H3Br2F2NO/c7-3-1-4(8)11-5(2-3)12-6(9)10/h1-2,6H. The van der Waals surface area contributed by atoms with Crippen LogP contribution < -0.4 is 4.74 Å². The first kappa shape index (κ1) is 9.85. The zero-order valence-electron chi connectivity index (χ0n) is 5.60. The van der Waals surface area contributed by atoms with E-state index in [1.807, 2.05) is 0 Å². The second-order valence-corrected chi connectivity index (χ2v) is 3.55. The molecule has 1 heterocycles. The summed E-state index contributed by atoms with van der Waals surface area (Å²) in [6.45, 7) is -2.85. The third-order valence-electron chi connectivity index (χ3n) is 0.945. The van der Waals surface area contributed by atoms with Crippen LogP contribution in [0.2, 0.25) is 0 Å². The maximum Gasteiger partial charge on any atom is 0.388 e. The molecule has 1 rings (SSSR count). The molecule has 6 heteroatoms. The normalized spacial score (nSPS) is 10.4. The highest BCUT2D eigenvalue weighted by atomic mass is 79.9. The topological polar surface area (TPSA) is 22.1 Å². The summed E-state index contributed by atoms with van der Waals surface area (Å²) in [6.07, 6.45) is 0. The Balaban J connectivity index is 2.85. The molecule has 66 valence electrons. The van der Waals surface area contributed by atoms with Gasteiger partial charge in [-0.2, -0.15) is 8.78 Å². The predicted octanol–water partition coefficient (Wildman–Crippen LogP) is 3.21. The lowest BCUT2D eigenvalue weighted by Crippen LogP contribution is -2.03. The van der Waals surface area contributed by atoms with Crippen molar-refractivity contribution in [1.29, 1.82) is 0 Å². The molecule has 12 heavy (non-hydrogen) atoms. The quantitative estimate of drug-likeness (QED) is 0.783. The number of nitrogens with zero attached hydrogens (tertiary/aromatic N) is 1. The Morgan fingerprint density at radius 2 is 2.00 bits per heavy atom. The predicted molar refractivity (Wildman–Crippen MR) is 46.3 cm³/mol. The van der Waals surface area contributed by atoms with Crippen LogP contribution in [0.25, 0.3) is 0 Å². The Morgan fingerprint density at radius 3 is 2.50 bits per heavy atom. The molecule has 0 radical (unpaired) electrons. The van der Waals surface area contributed by atoms with Gasteiger partial charge < -0.3 is 4.74 Å². The Labute approximate surface area is 84.2 Å². The van der Waals surface area contributed by atoms with E-state index in [0.717, 1.165) is 0 Å². The van der Waals surface area contributed by atoms with Crippen molar-refractivity contribution in [2.24, 2.45) is 0 Å². The Morgan fingerprint density at radius 1 is 1.33 bits per heavy atom. The fourth-order valence-electron chi connectivity index (χ4n) is 0.595. The van der Waals surface area contributed by atoms with Gasteiger partial charge in [-0.15, -0.1) is 0 Å². The number of rotatable bonds is 2. The minimum atomic E-state index is -2.85. The molecule has 0 fully saturated rings. The van der Waals surface area contributed by atoms with Crippen molar-refractivity contribution in [3.05, 3.63) is 21.2 Å². The van der Waals surface area contributed by atoms with E-state index in [9.17, 15) is 8.78 Å². The smallest absolute Gasteiger partial charge is 0.388 e. The van der Waals surface area contributed by atoms with Gasteiger partial charge in [0.2, 0.25) is 5.88 Å². The first-order chi connectivity index (χ1) is 5.58. The number of aromatic nitrogens is 1. The number of ether oxygens (including phenoxy) is 1. The van der Waals surface area contributed by atoms with Crippen LogP contribution in [0, 0.1) is 0 Å². The first-order valence-corrected chi connectivity index (χ1v) is 4.44. The highest BCUT2D eigenvalue weighted by Gasteiger charge is 2.06. The lowest BCUT2D eigenvalue weighted by molar-refractivity contribution is -0.0529. The largest absolute Gasteiger partial charge is 0.417 e. The summed E-state index contributed by atoms with van der Waals surface area (Å²) in [5.41, 5.74) is 0. The van der Waals surface area contributed by atoms with Gasteiger partial charge in [0, 0.05) is 10.5 Å². The molecule has 1 aromatic rings. The molecule has 0 saturated carbocycles. The summed E-state index contributed by atoms with van der Waals surface area (Å²) >= 11 is 6.14. The molecular weight excluding hydrogens is 300 g/mol. The molecule has 0 aromatic carbocycles. The second-order valence-electron chi connectivity index (χ2n) is 1.82. The Bertz CT molecular complexity index is 262. The molecule has 0 atom stereocenters. The minimum Gasteiger partial charge on any atom is -0.417 e. The third kappa shape index (κ3) is 3.02. The van der Waals surface area contributed by atoms with E-state index in [1.54, 1.807) is 6.07 Å². The third-order valence-corrected chi connectivity index (χ3v) is 1.81. The van der Waals surface area contributed by atoms with Crippen molar-refractivity contribution in [3.8, 4) is 5.88 Å². The van der Waals surface area contributed by atoms with Crippen molar-refractivity contribution in [1.82, 2.24) is 4.98 Å². The number of pyridine rings is 1. The van der Waals surface area contributed by atoms with E-state index in [0.29, 0.717) is 9.08 Å². The van der Waals surface area contributed by atoms with Gasteiger partial charge in [-0.25, -0.2) is 4.98 Å². The Kier molecular flexibility index (Phi) is 3.39. The van der Waals surface area contributed by atoms with Gasteiger partial charge in [-0.1, -0.05) is 15.9 Å². The monoisotopic (exact) mass is 301 g/mol. The first-order valence-electron chi connectivity index (χ1n) is 2.86. The van der Waals surface area contributed by atoms with Gasteiger partial charge in [-0.05, 0) is 22.0 Å². The minimum absolute atomic E-state index is 0.119. The van der Waals surface area contributed by atoms with Crippen LogP contribution in [0.5, 0.6) is 5.88 Å². The SMILES string of the molecule is FC(F)Oc1cc(Br)cc(Br)n1. The Hall–Kier alpha value is -0.230. The molecule has 0 N–H and O–H groups in total. The van der Waals surface area contributed by atoms with Crippen LogP contribution in [-0.4, -0.2) is 11.6 Å². The van der Waals surface area contributed by atoms with Crippen molar-refractivity contribution >= 4 is 31.9 Å². The molecule has 2 nitrogen and oxygen atoms in total. The van der Waals surface area contributed by atoms with Crippen molar-refractivity contribution in [2.45, 2.75) is 6.61 Å². The molecular formula is C6H3Br2F2NO. The van der Waals surface area contributed by atoms with Gasteiger partial charge in [-0.3, -0.25) is 0 Å². The van der Waals surface area contributed by atoms with Gasteiger partial charge in [0.15, 0.2) is 0 Å². The number of alkyl halides is 2. The summed E-state index contributed by atoms with van der Waals surface area (Å²) in [4.78, 5) is 3.66. The maximum atomic E-state index is 11.7. The van der Waals surface area contributed by atoms with E-state index < -0.39 is 6.61 Å². The van der Waals surface area contributed by atoms with E-state index in [1.165, 1.54) is 6.07 Å². The summed E-state index contributed by atoms with van der Waals surface area (Å²) in [5, 5.41) is 0. The van der Waals surface area contributed by atoms with Crippen LogP contribution in [0.4, 0.5) is 8.78 Å². The zero-order chi connectivity index (χ0) is 9.14. The number of hydrogen-bond acceptors (Lipinski definition) is 2. The highest BCUT2D eigenvalue weighted by Crippen LogP contribution is 2.21. The average molecular weight is 303 g/mol. The van der Waals surface area contributed by atoms with Gasteiger partial charge in [0.05, 0.1) is 0 Å². The fourth-order valence-corrected chi connectivity index (χ4v) is 1.74. The molecule has 0 spiro atoms. The van der Waals surface area contributed by atoms with Crippen molar-refractivity contribution < 1.29 is 13.5 Å². The van der Waals surface area contributed by atoms with E-state index in [4.69, 9.17) is 0 Å². The summed E-state index contributed by atoms with van der Waals surface area (Å²) in [6, 6.07) is 2.98. The van der Waals surface area contributed by atoms with Crippen LogP contribution in [0.3, 0.4) is 0 Å². The summed E-state index contributed by atoms with van der Waals surface area (Å²) in [5.74, 6) is -0.119. The average Bonchev–Trinajstić information content (AvgIpc) is 1.81. The van der Waals surface area contributed by atoms with E-state index >= 15 is 0 Å². The molecule has 0 aliphatic heterocycles. The van der Waals surface area contributed by atoms with E-state index in [-0.39, 0.29) is 5.88 Å². The molecule has 0 aliphatic carbocycles. The second kappa shape index (κ2) is 4.13. The molecule has 0 amide bonds. The lowest BCUT2D eigenvalue weighted by atomic mass is 10.5. The lowest BCUT2D eigenvalue weighted by Gasteiger charge is -2.03.